The van der Waals surface area contributed by atoms with E-state index in [1.807, 2.05) is 30.6 Å². The molecule has 0 aliphatic rings. The number of aryl methyl sites for hydroxylation is 2. The number of aliphatic hydroxyl groups excluding tert-OH is 1. The molecule has 2 aromatic rings. The van der Waals surface area contributed by atoms with Gasteiger partial charge in [0.15, 0.2) is 5.65 Å². The van der Waals surface area contributed by atoms with Crippen molar-refractivity contribution in [1.82, 2.24) is 19.1 Å². The van der Waals surface area contributed by atoms with Crippen LogP contribution in [0.15, 0.2) is 12.4 Å². The van der Waals surface area contributed by atoms with Crippen LogP contribution in [-0.2, 0) is 16.6 Å². The number of aliphatic hydroxyl groups is 1. The van der Waals surface area contributed by atoms with E-state index in [1.54, 1.807) is 0 Å². The fourth-order valence-corrected chi connectivity index (χ4v) is 2.55. The zero-order valence-electron chi connectivity index (χ0n) is 10.8. The minimum absolute atomic E-state index is 0.0595. The lowest BCUT2D eigenvalue weighted by molar-refractivity contribution is 0.319. The van der Waals surface area contributed by atoms with Crippen molar-refractivity contribution in [3.8, 4) is 0 Å². The molecule has 0 amide bonds. The van der Waals surface area contributed by atoms with Crippen molar-refractivity contribution in [2.45, 2.75) is 20.4 Å². The summed E-state index contributed by atoms with van der Waals surface area (Å²) in [7, 11) is -3.48. The molecule has 0 atom stereocenters. The molecule has 2 aromatic heterocycles. The second kappa shape index (κ2) is 5.24. The first-order valence-corrected chi connectivity index (χ1v) is 7.46. The molecule has 0 saturated carbocycles. The molecule has 2 rings (SSSR count). The number of hydrogen-bond donors (Lipinski definition) is 2. The highest BCUT2D eigenvalue weighted by atomic mass is 32.2. The third kappa shape index (κ3) is 3.28. The Bertz CT molecular complexity index is 693. The summed E-state index contributed by atoms with van der Waals surface area (Å²) in [5, 5.41) is 8.67. The Kier molecular flexibility index (Phi) is 3.83. The SMILES string of the molecule is Cc1cn2cc(C)nc2c(CNS(=O)(=O)CCO)n1. The minimum Gasteiger partial charge on any atom is -0.395 e. The Morgan fingerprint density at radius 1 is 1.26 bits per heavy atom. The monoisotopic (exact) mass is 284 g/mol. The topological polar surface area (TPSA) is 96.6 Å². The third-order valence-corrected chi connectivity index (χ3v) is 3.87. The molecule has 0 aliphatic heterocycles. The number of sulfonamides is 1. The van der Waals surface area contributed by atoms with Crippen LogP contribution in [0.4, 0.5) is 0 Å². The van der Waals surface area contributed by atoms with Crippen LogP contribution in [0.5, 0.6) is 0 Å². The first-order chi connectivity index (χ1) is 8.91. The summed E-state index contributed by atoms with van der Waals surface area (Å²) >= 11 is 0. The van der Waals surface area contributed by atoms with Crippen LogP contribution >= 0.6 is 0 Å². The summed E-state index contributed by atoms with van der Waals surface area (Å²) in [5.74, 6) is -0.317. The summed E-state index contributed by atoms with van der Waals surface area (Å²) < 4.78 is 27.2. The molecule has 0 saturated heterocycles. The molecule has 7 nitrogen and oxygen atoms in total. The number of nitrogens with zero attached hydrogens (tertiary/aromatic N) is 3. The molecule has 0 bridgehead atoms. The Balaban J connectivity index is 2.30. The second-order valence-electron chi connectivity index (χ2n) is 4.31. The van der Waals surface area contributed by atoms with Crippen molar-refractivity contribution < 1.29 is 13.5 Å². The van der Waals surface area contributed by atoms with Crippen molar-refractivity contribution in [2.24, 2.45) is 0 Å². The molecule has 104 valence electrons. The van der Waals surface area contributed by atoms with E-state index in [2.05, 4.69) is 14.7 Å². The van der Waals surface area contributed by atoms with Gasteiger partial charge in [-0.1, -0.05) is 0 Å². The second-order valence-corrected chi connectivity index (χ2v) is 6.23. The lowest BCUT2D eigenvalue weighted by Crippen LogP contribution is -2.28. The van der Waals surface area contributed by atoms with E-state index in [0.29, 0.717) is 11.3 Å². The van der Waals surface area contributed by atoms with Gasteiger partial charge in [0.2, 0.25) is 10.0 Å². The van der Waals surface area contributed by atoms with Crippen LogP contribution in [0.2, 0.25) is 0 Å². The Labute approximate surface area is 111 Å². The Morgan fingerprint density at radius 2 is 1.89 bits per heavy atom. The van der Waals surface area contributed by atoms with E-state index in [1.165, 1.54) is 0 Å². The van der Waals surface area contributed by atoms with Crippen molar-refractivity contribution >= 4 is 15.7 Å². The van der Waals surface area contributed by atoms with Gasteiger partial charge in [0.25, 0.3) is 0 Å². The summed E-state index contributed by atoms with van der Waals surface area (Å²) in [5.41, 5.74) is 2.82. The number of fused-ring (bicyclic) bond motifs is 1. The van der Waals surface area contributed by atoms with Crippen LogP contribution in [0.3, 0.4) is 0 Å². The zero-order chi connectivity index (χ0) is 14.0. The van der Waals surface area contributed by atoms with Gasteiger partial charge in [0.1, 0.15) is 0 Å². The summed E-state index contributed by atoms with van der Waals surface area (Å²) in [6.45, 7) is 3.35. The molecule has 0 aromatic carbocycles. The normalized spacial score (nSPS) is 12.2. The molecule has 2 N–H and O–H groups in total. The van der Waals surface area contributed by atoms with E-state index in [9.17, 15) is 8.42 Å². The van der Waals surface area contributed by atoms with Crippen LogP contribution in [0.1, 0.15) is 17.1 Å². The van der Waals surface area contributed by atoms with Crippen molar-refractivity contribution in [3.63, 3.8) is 0 Å². The average molecular weight is 284 g/mol. The maximum absolute atomic E-state index is 11.5. The van der Waals surface area contributed by atoms with Gasteiger partial charge < -0.3 is 9.51 Å². The molecule has 2 heterocycles. The molecule has 0 fully saturated rings. The Hall–Kier alpha value is -1.51. The predicted octanol–water partition coefficient (Wildman–Crippen LogP) is -0.242. The molecular formula is C11H16N4O3S. The largest absolute Gasteiger partial charge is 0.395 e. The van der Waals surface area contributed by atoms with Gasteiger partial charge in [-0.15, -0.1) is 0 Å². The molecule has 19 heavy (non-hydrogen) atoms. The van der Waals surface area contributed by atoms with E-state index in [0.717, 1.165) is 11.4 Å². The van der Waals surface area contributed by atoms with Gasteiger partial charge in [-0.3, -0.25) is 4.98 Å². The molecule has 0 aliphatic carbocycles. The number of rotatable bonds is 5. The lowest BCUT2D eigenvalue weighted by atomic mass is 10.4. The molecular weight excluding hydrogens is 268 g/mol. The number of aromatic nitrogens is 3. The standard InChI is InChI=1S/C11H16N4O3S/c1-8-6-15-7-9(2)14-11(15)10(13-8)5-12-19(17,18)4-3-16/h6-7,12,16H,3-5H2,1-2H3. The summed E-state index contributed by atoms with van der Waals surface area (Å²) in [6, 6.07) is 0. The van der Waals surface area contributed by atoms with Gasteiger partial charge in [-0.25, -0.2) is 18.1 Å². The van der Waals surface area contributed by atoms with Gasteiger partial charge >= 0.3 is 0 Å². The number of imidazole rings is 1. The van der Waals surface area contributed by atoms with Crippen LogP contribution in [0.25, 0.3) is 5.65 Å². The molecule has 0 radical (unpaired) electrons. The first-order valence-electron chi connectivity index (χ1n) is 5.81. The first kappa shape index (κ1) is 13.9. The van der Waals surface area contributed by atoms with Gasteiger partial charge in [0, 0.05) is 12.4 Å². The highest BCUT2D eigenvalue weighted by molar-refractivity contribution is 7.89. The molecule has 0 unspecified atom stereocenters. The fourth-order valence-electron chi connectivity index (χ4n) is 1.81. The van der Waals surface area contributed by atoms with Gasteiger partial charge in [-0.05, 0) is 13.8 Å². The zero-order valence-corrected chi connectivity index (χ0v) is 11.6. The molecule has 8 heteroatoms. The summed E-state index contributed by atoms with van der Waals surface area (Å²) in [6.07, 6.45) is 3.69. The van der Waals surface area contributed by atoms with E-state index >= 15 is 0 Å². The van der Waals surface area contributed by atoms with Crippen molar-refractivity contribution in [3.05, 3.63) is 29.5 Å². The van der Waals surface area contributed by atoms with Crippen LogP contribution < -0.4 is 4.72 Å². The fraction of sp³-hybridized carbons (Fsp3) is 0.455. The van der Waals surface area contributed by atoms with Crippen LogP contribution in [-0.4, -0.2) is 40.3 Å². The molecule has 0 spiro atoms. The van der Waals surface area contributed by atoms with Crippen molar-refractivity contribution in [2.75, 3.05) is 12.4 Å². The number of nitrogens with one attached hydrogen (secondary N) is 1. The van der Waals surface area contributed by atoms with E-state index in [4.69, 9.17) is 5.11 Å². The smallest absolute Gasteiger partial charge is 0.214 e. The average Bonchev–Trinajstić information content (AvgIpc) is 2.66. The highest BCUT2D eigenvalue weighted by Gasteiger charge is 2.12. The summed E-state index contributed by atoms with van der Waals surface area (Å²) in [4.78, 5) is 8.62. The van der Waals surface area contributed by atoms with Gasteiger partial charge in [0.05, 0.1) is 36.0 Å². The van der Waals surface area contributed by atoms with E-state index < -0.39 is 16.6 Å². The van der Waals surface area contributed by atoms with Crippen molar-refractivity contribution in [1.29, 1.82) is 0 Å². The Morgan fingerprint density at radius 3 is 2.53 bits per heavy atom. The lowest BCUT2D eigenvalue weighted by Gasteiger charge is -2.07. The van der Waals surface area contributed by atoms with Crippen LogP contribution in [0, 0.1) is 13.8 Å². The maximum Gasteiger partial charge on any atom is 0.214 e. The minimum atomic E-state index is -3.48. The van der Waals surface area contributed by atoms with Gasteiger partial charge in [-0.2, -0.15) is 0 Å². The third-order valence-electron chi connectivity index (χ3n) is 2.57. The van der Waals surface area contributed by atoms with E-state index in [-0.39, 0.29) is 12.3 Å². The highest BCUT2D eigenvalue weighted by Crippen LogP contribution is 2.10. The maximum atomic E-state index is 11.5. The quantitative estimate of drug-likeness (QED) is 0.789. The number of hydrogen-bond acceptors (Lipinski definition) is 5. The predicted molar refractivity (Wildman–Crippen MR) is 70.2 cm³/mol.